The van der Waals surface area contributed by atoms with Crippen LogP contribution >= 0.6 is 11.6 Å². The molecule has 2 aromatic rings. The van der Waals surface area contributed by atoms with Gasteiger partial charge in [0.1, 0.15) is 5.52 Å². The van der Waals surface area contributed by atoms with Crippen molar-refractivity contribution >= 4 is 28.6 Å². The fraction of sp³-hybridized carbons (Fsp3) is 0.667. The van der Waals surface area contributed by atoms with E-state index < -0.39 is 0 Å². The van der Waals surface area contributed by atoms with E-state index in [2.05, 4.69) is 45.6 Å². The molecule has 0 unspecified atom stereocenters. The molecule has 112 valence electrons. The van der Waals surface area contributed by atoms with Crippen molar-refractivity contribution in [3.05, 3.63) is 11.6 Å². The summed E-state index contributed by atoms with van der Waals surface area (Å²) in [5, 5.41) is 0.274. The van der Waals surface area contributed by atoms with Gasteiger partial charge >= 0.3 is 0 Å². The van der Waals surface area contributed by atoms with E-state index in [1.807, 2.05) is 0 Å². The fourth-order valence-corrected chi connectivity index (χ4v) is 4.87. The number of hydrogen-bond donors (Lipinski definition) is 1. The Morgan fingerprint density at radius 3 is 2.90 bits per heavy atom. The van der Waals surface area contributed by atoms with E-state index in [9.17, 15) is 0 Å². The summed E-state index contributed by atoms with van der Waals surface area (Å²) >= 11 is 6.09. The quantitative estimate of drug-likeness (QED) is 0.820. The second-order valence-electron chi connectivity index (χ2n) is 7.76. The minimum atomic E-state index is 0.274. The highest BCUT2D eigenvalue weighted by Crippen LogP contribution is 2.53. The van der Waals surface area contributed by atoms with Gasteiger partial charge < -0.3 is 9.88 Å². The molecule has 2 fully saturated rings. The van der Waals surface area contributed by atoms with Gasteiger partial charge in [0.25, 0.3) is 0 Å². The number of rotatable bonds is 1. The molecule has 2 bridgehead atoms. The molecule has 0 amide bonds. The van der Waals surface area contributed by atoms with Gasteiger partial charge in [-0.15, -0.1) is 0 Å². The van der Waals surface area contributed by atoms with Crippen molar-refractivity contribution in [1.82, 2.24) is 19.9 Å². The highest BCUT2D eigenvalue weighted by molar-refractivity contribution is 6.28. The molecule has 21 heavy (non-hydrogen) atoms. The first-order chi connectivity index (χ1) is 9.85. The molecule has 0 aromatic carbocycles. The summed E-state index contributed by atoms with van der Waals surface area (Å²) in [4.78, 5) is 18.5. The van der Waals surface area contributed by atoms with Crippen molar-refractivity contribution in [3.8, 4) is 0 Å². The number of anilines is 1. The normalized spacial score (nSPS) is 31.0. The summed E-state index contributed by atoms with van der Waals surface area (Å²) in [5.74, 6) is 0.911. The van der Waals surface area contributed by atoms with E-state index in [1.165, 1.54) is 19.3 Å². The Hall–Kier alpha value is -1.36. The van der Waals surface area contributed by atoms with Gasteiger partial charge in [-0.2, -0.15) is 9.97 Å². The Kier molecular flexibility index (Phi) is 2.60. The second-order valence-corrected chi connectivity index (χ2v) is 8.10. The van der Waals surface area contributed by atoms with Crippen LogP contribution in [0.15, 0.2) is 6.33 Å². The lowest BCUT2D eigenvalue weighted by atomic mass is 9.65. The average molecular weight is 306 g/mol. The first-order valence-corrected chi connectivity index (χ1v) is 7.86. The minimum absolute atomic E-state index is 0.274. The number of imidazole rings is 1. The van der Waals surface area contributed by atoms with Gasteiger partial charge in [0.05, 0.1) is 6.33 Å². The maximum atomic E-state index is 6.09. The Labute approximate surface area is 129 Å². The maximum Gasteiger partial charge on any atom is 0.226 e. The summed E-state index contributed by atoms with van der Waals surface area (Å²) in [7, 11) is 0. The molecule has 0 radical (unpaired) electrons. The molecule has 1 saturated carbocycles. The van der Waals surface area contributed by atoms with E-state index in [1.54, 1.807) is 6.33 Å². The number of H-pyrrole nitrogens is 1. The molecule has 1 aliphatic carbocycles. The average Bonchev–Trinajstić information content (AvgIpc) is 2.89. The van der Waals surface area contributed by atoms with Crippen molar-refractivity contribution in [3.63, 3.8) is 0 Å². The molecule has 6 heteroatoms. The van der Waals surface area contributed by atoms with Crippen LogP contribution in [-0.4, -0.2) is 32.5 Å². The number of fused-ring (bicyclic) bond motifs is 3. The number of nitrogens with one attached hydrogen (secondary N) is 1. The molecule has 2 aliphatic rings. The van der Waals surface area contributed by atoms with Crippen LogP contribution in [0.2, 0.25) is 5.28 Å². The van der Waals surface area contributed by atoms with Crippen LogP contribution in [0.25, 0.3) is 11.2 Å². The van der Waals surface area contributed by atoms with Crippen molar-refractivity contribution in [2.75, 3.05) is 11.4 Å². The van der Waals surface area contributed by atoms with Gasteiger partial charge in [-0.1, -0.05) is 20.8 Å². The van der Waals surface area contributed by atoms with Crippen molar-refractivity contribution in [2.45, 2.75) is 46.1 Å². The smallest absolute Gasteiger partial charge is 0.226 e. The molecule has 0 spiro atoms. The lowest BCUT2D eigenvalue weighted by molar-refractivity contribution is 0.136. The Morgan fingerprint density at radius 2 is 2.10 bits per heavy atom. The van der Waals surface area contributed by atoms with Crippen LogP contribution in [0.5, 0.6) is 0 Å². The van der Waals surface area contributed by atoms with Gasteiger partial charge in [0.2, 0.25) is 5.28 Å². The summed E-state index contributed by atoms with van der Waals surface area (Å²) in [6.07, 6.45) is 5.35. The molecule has 1 N–H and O–H groups in total. The van der Waals surface area contributed by atoms with E-state index in [0.29, 0.717) is 22.5 Å². The van der Waals surface area contributed by atoms with Gasteiger partial charge in [-0.05, 0) is 41.7 Å². The summed E-state index contributed by atoms with van der Waals surface area (Å²) in [5.41, 5.74) is 2.29. The molecule has 4 rings (SSSR count). The molecular formula is C15H20ClN5. The Bertz CT molecular complexity index is 709. The Morgan fingerprint density at radius 1 is 1.29 bits per heavy atom. The highest BCUT2D eigenvalue weighted by atomic mass is 35.5. The third kappa shape index (κ3) is 2.09. The second kappa shape index (κ2) is 4.09. The number of nitrogens with zero attached hydrogens (tertiary/aromatic N) is 4. The summed E-state index contributed by atoms with van der Waals surface area (Å²) in [6.45, 7) is 8.18. The van der Waals surface area contributed by atoms with Crippen LogP contribution in [0.3, 0.4) is 0 Å². The van der Waals surface area contributed by atoms with E-state index in [4.69, 9.17) is 11.6 Å². The van der Waals surface area contributed by atoms with Crippen molar-refractivity contribution in [2.24, 2.45) is 10.8 Å². The zero-order valence-corrected chi connectivity index (χ0v) is 13.4. The van der Waals surface area contributed by atoms with E-state index in [-0.39, 0.29) is 5.28 Å². The fourth-order valence-electron chi connectivity index (χ4n) is 4.71. The topological polar surface area (TPSA) is 57.7 Å². The van der Waals surface area contributed by atoms with Crippen LogP contribution in [-0.2, 0) is 0 Å². The molecule has 1 aliphatic heterocycles. The van der Waals surface area contributed by atoms with Gasteiger partial charge in [0, 0.05) is 12.6 Å². The lowest BCUT2D eigenvalue weighted by Gasteiger charge is -2.39. The number of aromatic nitrogens is 4. The monoisotopic (exact) mass is 305 g/mol. The predicted octanol–water partition coefficient (Wildman–Crippen LogP) is 3.41. The standard InChI is InChI=1S/C15H20ClN5/c1-14(2)4-9-5-15(3,6-14)7-21(9)12-10-11(18-8-17-10)19-13(16)20-12/h8-9H,4-7H2,1-3H3,(H,17,18,19,20)/t9-,15-/m0/s1. The first kappa shape index (κ1) is 13.3. The summed E-state index contributed by atoms with van der Waals surface area (Å²) in [6, 6.07) is 0.524. The van der Waals surface area contributed by atoms with E-state index >= 15 is 0 Å². The van der Waals surface area contributed by atoms with Gasteiger partial charge in [-0.3, -0.25) is 0 Å². The predicted molar refractivity (Wildman–Crippen MR) is 83.6 cm³/mol. The number of aromatic amines is 1. The number of halogens is 1. The third-order valence-corrected chi connectivity index (χ3v) is 5.10. The maximum absolute atomic E-state index is 6.09. The van der Waals surface area contributed by atoms with Crippen LogP contribution < -0.4 is 4.90 Å². The molecule has 3 heterocycles. The van der Waals surface area contributed by atoms with Crippen LogP contribution in [0.4, 0.5) is 5.82 Å². The van der Waals surface area contributed by atoms with Crippen LogP contribution in [0.1, 0.15) is 40.0 Å². The zero-order chi connectivity index (χ0) is 14.8. The number of hydrogen-bond acceptors (Lipinski definition) is 4. The highest BCUT2D eigenvalue weighted by Gasteiger charge is 2.50. The summed E-state index contributed by atoms with van der Waals surface area (Å²) < 4.78 is 0. The van der Waals surface area contributed by atoms with Gasteiger partial charge in [-0.25, -0.2) is 4.98 Å². The largest absolute Gasteiger partial charge is 0.351 e. The lowest BCUT2D eigenvalue weighted by Crippen LogP contribution is -2.35. The third-order valence-electron chi connectivity index (χ3n) is 4.93. The van der Waals surface area contributed by atoms with E-state index in [0.717, 1.165) is 17.9 Å². The van der Waals surface area contributed by atoms with Gasteiger partial charge in [0.15, 0.2) is 11.5 Å². The molecule has 2 atom stereocenters. The Balaban J connectivity index is 1.81. The van der Waals surface area contributed by atoms with Crippen LogP contribution in [0, 0.1) is 10.8 Å². The molecule has 1 saturated heterocycles. The minimum Gasteiger partial charge on any atom is -0.351 e. The van der Waals surface area contributed by atoms with Crippen molar-refractivity contribution < 1.29 is 0 Å². The molecule has 5 nitrogen and oxygen atoms in total. The SMILES string of the molecule is CC1(C)C[C@H]2C[C@](C)(CN2c2nc(Cl)nc3nc[nH]c23)C1. The first-order valence-electron chi connectivity index (χ1n) is 7.49. The molecule has 2 aromatic heterocycles. The zero-order valence-electron chi connectivity index (χ0n) is 12.6. The molecular weight excluding hydrogens is 286 g/mol. The van der Waals surface area contributed by atoms with Crippen molar-refractivity contribution in [1.29, 1.82) is 0 Å².